The molecule has 0 bridgehead atoms. The normalized spacial score (nSPS) is 15.6. The first-order valence-corrected chi connectivity index (χ1v) is 8.72. The first-order chi connectivity index (χ1) is 13.0. The number of nitrogens with one attached hydrogen (secondary N) is 1. The number of hydrogen-bond acceptors (Lipinski definition) is 4. The molecule has 0 saturated carbocycles. The molecule has 3 aromatic rings. The van der Waals surface area contributed by atoms with E-state index < -0.39 is 5.97 Å². The highest BCUT2D eigenvalue weighted by Gasteiger charge is 2.28. The Bertz CT molecular complexity index is 1070. The van der Waals surface area contributed by atoms with E-state index in [1.165, 1.54) is 10.7 Å². The van der Waals surface area contributed by atoms with Crippen LogP contribution in [-0.2, 0) is 11.2 Å². The molecule has 2 aromatic heterocycles. The van der Waals surface area contributed by atoms with Crippen molar-refractivity contribution in [2.45, 2.75) is 25.7 Å². The fourth-order valence-electron chi connectivity index (χ4n) is 3.75. The Labute approximate surface area is 155 Å². The number of aromatic carboxylic acids is 1. The fraction of sp³-hybridized carbons (Fsp3) is 0.250. The molecule has 1 aliphatic carbocycles. The molecule has 138 valence electrons. The van der Waals surface area contributed by atoms with Gasteiger partial charge in [0.05, 0.1) is 17.7 Å². The fourth-order valence-corrected chi connectivity index (χ4v) is 3.75. The van der Waals surface area contributed by atoms with Crippen molar-refractivity contribution in [1.82, 2.24) is 14.9 Å². The van der Waals surface area contributed by atoms with Crippen LogP contribution in [0.3, 0.4) is 0 Å². The number of carbonyl (C=O) groups excluding carboxylic acids is 1. The predicted octanol–water partition coefficient (Wildman–Crippen LogP) is 2.91. The summed E-state index contributed by atoms with van der Waals surface area (Å²) in [6, 6.07) is 7.44. The first kappa shape index (κ1) is 17.1. The summed E-state index contributed by atoms with van der Waals surface area (Å²) in [6.07, 6.45) is 4.67. The van der Waals surface area contributed by atoms with Gasteiger partial charge in [0.15, 0.2) is 5.75 Å². The monoisotopic (exact) mass is 365 g/mol. The third-order valence-corrected chi connectivity index (χ3v) is 5.10. The van der Waals surface area contributed by atoms with Crippen molar-refractivity contribution in [3.05, 3.63) is 58.9 Å². The molecule has 7 nitrogen and oxygen atoms in total. The summed E-state index contributed by atoms with van der Waals surface area (Å²) in [5.41, 5.74) is 3.56. The van der Waals surface area contributed by atoms with Gasteiger partial charge in [-0.2, -0.15) is 5.10 Å². The summed E-state index contributed by atoms with van der Waals surface area (Å²) in [6.45, 7) is 1.74. The lowest BCUT2D eigenvalue weighted by molar-refractivity contribution is -0.122. The number of nitrogens with zero attached hydrogens (tertiary/aromatic N) is 2. The molecule has 1 unspecified atom stereocenters. The van der Waals surface area contributed by atoms with Crippen molar-refractivity contribution in [3.63, 3.8) is 0 Å². The van der Waals surface area contributed by atoms with Crippen LogP contribution in [0.25, 0.3) is 5.52 Å². The first-order valence-electron chi connectivity index (χ1n) is 8.72. The van der Waals surface area contributed by atoms with E-state index >= 15 is 0 Å². The van der Waals surface area contributed by atoms with Crippen LogP contribution in [0.15, 0.2) is 36.7 Å². The van der Waals surface area contributed by atoms with Crippen LogP contribution >= 0.6 is 0 Å². The zero-order valence-electron chi connectivity index (χ0n) is 15.0. The Balaban J connectivity index is 1.70. The number of carboxylic acid groups (broad SMARTS) is 1. The van der Waals surface area contributed by atoms with Gasteiger partial charge in [0.1, 0.15) is 11.3 Å². The molecule has 0 aliphatic heterocycles. The maximum atomic E-state index is 12.0. The van der Waals surface area contributed by atoms with Crippen LogP contribution in [0.4, 0.5) is 0 Å². The maximum absolute atomic E-state index is 12.0. The van der Waals surface area contributed by atoms with Gasteiger partial charge in [-0.15, -0.1) is 0 Å². The number of fused-ring (bicyclic) bond motifs is 2. The third kappa shape index (κ3) is 2.81. The molecule has 1 aliphatic rings. The smallest absolute Gasteiger partial charge is 0.337 e. The second kappa shape index (κ2) is 6.42. The van der Waals surface area contributed by atoms with Crippen LogP contribution in [0.5, 0.6) is 11.5 Å². The minimum absolute atomic E-state index is 0.0308. The Morgan fingerprint density at radius 1 is 1.33 bits per heavy atom. The number of amides is 1. The van der Waals surface area contributed by atoms with Gasteiger partial charge in [-0.3, -0.25) is 4.79 Å². The van der Waals surface area contributed by atoms with Gasteiger partial charge in [-0.1, -0.05) is 6.07 Å². The number of likely N-dealkylation sites (N-methyl/N-ethyl adjacent to an activating group) is 1. The standard InChI is InChI=1S/C20H19N3O4/c1-11-16(20(25)26)10-23-18(11)17(7-8-22-23)27-13-4-6-14-12(9-13)3-5-15(14)19(24)21-2/h4,6-10,15H,3,5H2,1-2H3,(H,21,24)(H,25,26). The highest BCUT2D eigenvalue weighted by molar-refractivity contribution is 5.93. The maximum Gasteiger partial charge on any atom is 0.337 e. The molecule has 1 amide bonds. The third-order valence-electron chi connectivity index (χ3n) is 5.10. The van der Waals surface area contributed by atoms with E-state index in [9.17, 15) is 14.7 Å². The Morgan fingerprint density at radius 2 is 2.15 bits per heavy atom. The Kier molecular flexibility index (Phi) is 4.07. The van der Waals surface area contributed by atoms with Gasteiger partial charge in [-0.25, -0.2) is 9.31 Å². The summed E-state index contributed by atoms with van der Waals surface area (Å²) < 4.78 is 7.58. The Morgan fingerprint density at radius 3 is 2.89 bits per heavy atom. The van der Waals surface area contributed by atoms with Crippen LogP contribution < -0.4 is 10.1 Å². The highest BCUT2D eigenvalue weighted by atomic mass is 16.5. The molecule has 0 spiro atoms. The van der Waals surface area contributed by atoms with Crippen molar-refractivity contribution in [2.75, 3.05) is 7.05 Å². The summed E-state index contributed by atoms with van der Waals surface area (Å²) in [4.78, 5) is 23.4. The van der Waals surface area contributed by atoms with E-state index in [1.807, 2.05) is 18.2 Å². The molecule has 4 rings (SSSR count). The molecule has 1 atom stereocenters. The molecule has 0 fully saturated rings. The van der Waals surface area contributed by atoms with Crippen LogP contribution in [0.1, 0.15) is 39.4 Å². The molecule has 7 heteroatoms. The SMILES string of the molecule is CNC(=O)C1CCc2cc(Oc3ccnn4cc(C(=O)O)c(C)c34)ccc21. The second-order valence-electron chi connectivity index (χ2n) is 6.63. The molecule has 2 heterocycles. The second-order valence-corrected chi connectivity index (χ2v) is 6.63. The lowest BCUT2D eigenvalue weighted by Crippen LogP contribution is -2.24. The van der Waals surface area contributed by atoms with Crippen molar-refractivity contribution in [3.8, 4) is 11.5 Å². The van der Waals surface area contributed by atoms with Crippen LogP contribution in [0, 0.1) is 6.92 Å². The number of rotatable bonds is 4. The molecule has 2 N–H and O–H groups in total. The summed E-state index contributed by atoms with van der Waals surface area (Å²) in [7, 11) is 1.65. The molecule has 0 saturated heterocycles. The van der Waals surface area contributed by atoms with Gasteiger partial charge in [0, 0.05) is 19.3 Å². The highest BCUT2D eigenvalue weighted by Crippen LogP contribution is 2.37. The lowest BCUT2D eigenvalue weighted by atomic mass is 10.0. The zero-order chi connectivity index (χ0) is 19.1. The topological polar surface area (TPSA) is 92.9 Å². The van der Waals surface area contributed by atoms with Crippen molar-refractivity contribution >= 4 is 17.4 Å². The van der Waals surface area contributed by atoms with E-state index in [0.717, 1.165) is 24.0 Å². The number of carboxylic acids is 1. The number of aromatic nitrogens is 2. The van der Waals surface area contributed by atoms with Gasteiger partial charge in [-0.05, 0) is 48.6 Å². The van der Waals surface area contributed by atoms with E-state index in [1.54, 1.807) is 26.2 Å². The minimum Gasteiger partial charge on any atom is -0.478 e. The van der Waals surface area contributed by atoms with E-state index in [-0.39, 0.29) is 17.4 Å². The molecule has 27 heavy (non-hydrogen) atoms. The number of hydrogen-bond donors (Lipinski definition) is 2. The molecular formula is C20H19N3O4. The van der Waals surface area contributed by atoms with E-state index in [2.05, 4.69) is 10.4 Å². The van der Waals surface area contributed by atoms with E-state index in [0.29, 0.717) is 22.6 Å². The average Bonchev–Trinajstić information content (AvgIpc) is 3.23. The van der Waals surface area contributed by atoms with Crippen molar-refractivity contribution in [2.24, 2.45) is 0 Å². The van der Waals surface area contributed by atoms with Crippen molar-refractivity contribution in [1.29, 1.82) is 0 Å². The number of carbonyl (C=O) groups is 2. The Hall–Kier alpha value is -3.35. The summed E-state index contributed by atoms with van der Waals surface area (Å²) in [5.74, 6) is 0.107. The lowest BCUT2D eigenvalue weighted by Gasteiger charge is -2.12. The largest absolute Gasteiger partial charge is 0.478 e. The molecular weight excluding hydrogens is 346 g/mol. The van der Waals surface area contributed by atoms with Crippen molar-refractivity contribution < 1.29 is 19.4 Å². The van der Waals surface area contributed by atoms with Crippen LogP contribution in [0.2, 0.25) is 0 Å². The predicted molar refractivity (Wildman–Crippen MR) is 98.5 cm³/mol. The quantitative estimate of drug-likeness (QED) is 0.742. The van der Waals surface area contributed by atoms with Crippen LogP contribution in [-0.4, -0.2) is 33.6 Å². The van der Waals surface area contributed by atoms with Gasteiger partial charge in [0.25, 0.3) is 0 Å². The van der Waals surface area contributed by atoms with E-state index in [4.69, 9.17) is 4.74 Å². The average molecular weight is 365 g/mol. The molecule has 0 radical (unpaired) electrons. The van der Waals surface area contributed by atoms with Gasteiger partial charge in [0.2, 0.25) is 5.91 Å². The number of ether oxygens (including phenoxy) is 1. The number of aryl methyl sites for hydroxylation is 2. The molecule has 1 aromatic carbocycles. The zero-order valence-corrected chi connectivity index (χ0v) is 15.0. The minimum atomic E-state index is -0.998. The number of benzene rings is 1. The summed E-state index contributed by atoms with van der Waals surface area (Å²) >= 11 is 0. The van der Waals surface area contributed by atoms with Gasteiger partial charge >= 0.3 is 5.97 Å². The summed E-state index contributed by atoms with van der Waals surface area (Å²) in [5, 5.41) is 16.2. The van der Waals surface area contributed by atoms with Gasteiger partial charge < -0.3 is 15.2 Å².